The second-order valence-electron chi connectivity index (χ2n) is 3.13. The quantitative estimate of drug-likeness (QED) is 0.722. The molecule has 0 saturated carbocycles. The molecule has 15 heavy (non-hydrogen) atoms. The molecule has 0 atom stereocenters. The molecule has 80 valence electrons. The molecule has 2 aromatic heterocycles. The monoisotopic (exact) mass is 278 g/mol. The lowest BCUT2D eigenvalue weighted by atomic mass is 10.3. The third-order valence-corrected chi connectivity index (χ3v) is 2.81. The fourth-order valence-corrected chi connectivity index (χ4v) is 1.96. The average molecular weight is 279 g/mol. The van der Waals surface area contributed by atoms with Crippen LogP contribution in [0.15, 0.2) is 22.9 Å². The molecule has 0 aliphatic carbocycles. The second kappa shape index (κ2) is 3.23. The molecule has 0 fully saturated rings. The van der Waals surface area contributed by atoms with E-state index in [1.165, 1.54) is 10.6 Å². The Kier molecular flexibility index (Phi) is 2.26. The van der Waals surface area contributed by atoms with Crippen molar-refractivity contribution in [1.82, 2.24) is 9.38 Å². The van der Waals surface area contributed by atoms with E-state index in [4.69, 9.17) is 0 Å². The lowest BCUT2D eigenvalue weighted by Crippen LogP contribution is -2.06. The first-order valence-corrected chi connectivity index (χ1v) is 4.91. The van der Waals surface area contributed by atoms with Crippen molar-refractivity contribution in [2.45, 2.75) is 13.1 Å². The zero-order valence-corrected chi connectivity index (χ0v) is 9.22. The van der Waals surface area contributed by atoms with Crippen molar-refractivity contribution in [3.05, 3.63) is 34.2 Å². The van der Waals surface area contributed by atoms with Gasteiger partial charge in [0.05, 0.1) is 0 Å². The van der Waals surface area contributed by atoms with E-state index in [1.807, 2.05) is 0 Å². The Hall–Kier alpha value is -1.04. The number of rotatable bonds is 0. The number of aryl methyl sites for hydroxylation is 1. The van der Waals surface area contributed by atoms with Crippen molar-refractivity contribution in [2.24, 2.45) is 0 Å². The van der Waals surface area contributed by atoms with Crippen molar-refractivity contribution < 1.29 is 13.2 Å². The number of pyridine rings is 1. The van der Waals surface area contributed by atoms with Crippen LogP contribution < -0.4 is 0 Å². The fraction of sp³-hybridized carbons (Fsp3) is 0.222. The number of aromatic nitrogens is 2. The minimum atomic E-state index is -4.43. The Morgan fingerprint density at radius 1 is 1.40 bits per heavy atom. The van der Waals surface area contributed by atoms with Gasteiger partial charge in [-0.1, -0.05) is 6.07 Å². The Morgan fingerprint density at radius 3 is 2.60 bits per heavy atom. The van der Waals surface area contributed by atoms with Gasteiger partial charge in [0.1, 0.15) is 10.3 Å². The summed E-state index contributed by atoms with van der Waals surface area (Å²) in [6, 6.07) is 3.39. The lowest BCUT2D eigenvalue weighted by molar-refractivity contribution is -0.141. The number of nitrogens with zero attached hydrogens (tertiary/aromatic N) is 2. The first-order chi connectivity index (χ1) is 6.91. The number of imidazole rings is 1. The molecule has 0 bridgehead atoms. The van der Waals surface area contributed by atoms with E-state index in [2.05, 4.69) is 20.9 Å². The van der Waals surface area contributed by atoms with Gasteiger partial charge in [-0.05, 0) is 34.5 Å². The zero-order valence-electron chi connectivity index (χ0n) is 7.64. The highest BCUT2D eigenvalue weighted by Crippen LogP contribution is 2.34. The molecule has 2 nitrogen and oxygen atoms in total. The number of alkyl halides is 3. The van der Waals surface area contributed by atoms with Gasteiger partial charge in [0, 0.05) is 6.20 Å². The van der Waals surface area contributed by atoms with Gasteiger partial charge in [-0.2, -0.15) is 13.2 Å². The second-order valence-corrected chi connectivity index (χ2v) is 3.88. The maximum Gasteiger partial charge on any atom is 0.436 e. The largest absolute Gasteiger partial charge is 0.436 e. The van der Waals surface area contributed by atoms with Crippen molar-refractivity contribution in [3.8, 4) is 0 Å². The summed E-state index contributed by atoms with van der Waals surface area (Å²) in [5, 5.41) is 0. The normalized spacial score (nSPS) is 12.3. The highest BCUT2D eigenvalue weighted by Gasteiger charge is 2.37. The van der Waals surface area contributed by atoms with Crippen LogP contribution in [0.1, 0.15) is 11.3 Å². The first-order valence-electron chi connectivity index (χ1n) is 4.11. The fourth-order valence-electron chi connectivity index (χ4n) is 1.36. The van der Waals surface area contributed by atoms with Crippen LogP contribution in [0.2, 0.25) is 0 Å². The molecule has 0 saturated heterocycles. The summed E-state index contributed by atoms with van der Waals surface area (Å²) >= 11 is 2.90. The maximum absolute atomic E-state index is 12.5. The summed E-state index contributed by atoms with van der Waals surface area (Å²) in [4.78, 5) is 3.57. The van der Waals surface area contributed by atoms with Crippen molar-refractivity contribution in [1.29, 1.82) is 0 Å². The first kappa shape index (κ1) is 10.5. The summed E-state index contributed by atoms with van der Waals surface area (Å²) in [7, 11) is 0. The van der Waals surface area contributed by atoms with E-state index in [0.717, 1.165) is 0 Å². The zero-order chi connectivity index (χ0) is 11.2. The molecule has 0 aliphatic rings. The minimum Gasteiger partial charge on any atom is -0.293 e. The van der Waals surface area contributed by atoms with E-state index >= 15 is 0 Å². The molecule has 2 rings (SSSR count). The van der Waals surface area contributed by atoms with Gasteiger partial charge in [0.25, 0.3) is 0 Å². The van der Waals surface area contributed by atoms with Crippen molar-refractivity contribution in [3.63, 3.8) is 0 Å². The molecule has 0 N–H and O–H groups in total. The highest BCUT2D eigenvalue weighted by molar-refractivity contribution is 9.10. The molecule has 0 spiro atoms. The van der Waals surface area contributed by atoms with Gasteiger partial charge in [-0.3, -0.25) is 4.40 Å². The summed E-state index contributed by atoms with van der Waals surface area (Å²) in [6.45, 7) is 1.72. The number of hydrogen-bond acceptors (Lipinski definition) is 1. The average Bonchev–Trinajstić information content (AvgIpc) is 2.45. The van der Waals surface area contributed by atoms with Crippen LogP contribution in [-0.4, -0.2) is 9.38 Å². The molecule has 6 heteroatoms. The third-order valence-electron chi connectivity index (χ3n) is 2.06. The van der Waals surface area contributed by atoms with Crippen LogP contribution in [0.25, 0.3) is 5.65 Å². The number of halogens is 4. The third kappa shape index (κ3) is 1.62. The maximum atomic E-state index is 12.5. The van der Waals surface area contributed by atoms with E-state index < -0.39 is 11.9 Å². The Bertz CT molecular complexity index is 516. The van der Waals surface area contributed by atoms with Crippen molar-refractivity contribution in [2.75, 3.05) is 0 Å². The van der Waals surface area contributed by atoms with E-state index in [1.54, 1.807) is 19.1 Å². The summed E-state index contributed by atoms with van der Waals surface area (Å²) < 4.78 is 38.9. The van der Waals surface area contributed by atoms with Crippen LogP contribution in [0, 0.1) is 6.92 Å². The van der Waals surface area contributed by atoms with Crippen LogP contribution in [0.3, 0.4) is 0 Å². The van der Waals surface area contributed by atoms with Gasteiger partial charge in [0.15, 0.2) is 5.69 Å². The highest BCUT2D eigenvalue weighted by atomic mass is 79.9. The predicted octanol–water partition coefficient (Wildman–Crippen LogP) is 3.42. The van der Waals surface area contributed by atoms with Crippen LogP contribution >= 0.6 is 15.9 Å². The van der Waals surface area contributed by atoms with Gasteiger partial charge in [-0.25, -0.2) is 4.98 Å². The van der Waals surface area contributed by atoms with Gasteiger partial charge in [0.2, 0.25) is 0 Å². The molecule has 0 aromatic carbocycles. The van der Waals surface area contributed by atoms with Crippen LogP contribution in [0.4, 0.5) is 13.2 Å². The molecular formula is C9H6BrF3N2. The predicted molar refractivity (Wildman–Crippen MR) is 52.6 cm³/mol. The van der Waals surface area contributed by atoms with Gasteiger partial charge in [-0.15, -0.1) is 0 Å². The van der Waals surface area contributed by atoms with Crippen LogP contribution in [0.5, 0.6) is 0 Å². The summed E-state index contributed by atoms with van der Waals surface area (Å²) in [5.74, 6) is 0. The number of hydrogen-bond donors (Lipinski definition) is 0. The Balaban J connectivity index is 2.81. The summed E-state index contributed by atoms with van der Waals surface area (Å²) in [6.07, 6.45) is -2.90. The molecule has 2 aromatic rings. The Labute approximate surface area is 91.9 Å². The van der Waals surface area contributed by atoms with E-state index in [9.17, 15) is 13.2 Å². The van der Waals surface area contributed by atoms with Crippen LogP contribution in [-0.2, 0) is 6.18 Å². The van der Waals surface area contributed by atoms with E-state index in [0.29, 0.717) is 11.2 Å². The smallest absolute Gasteiger partial charge is 0.293 e. The molecular weight excluding hydrogens is 273 g/mol. The lowest BCUT2D eigenvalue weighted by Gasteiger charge is -2.01. The topological polar surface area (TPSA) is 17.3 Å². The SMILES string of the molecule is Cc1cccn2c(Br)c(C(F)(F)F)nc12. The minimum absolute atomic E-state index is 0.0614. The van der Waals surface area contributed by atoms with Gasteiger partial charge >= 0.3 is 6.18 Å². The molecule has 0 aliphatic heterocycles. The van der Waals surface area contributed by atoms with Gasteiger partial charge < -0.3 is 0 Å². The van der Waals surface area contributed by atoms with E-state index in [-0.39, 0.29) is 4.60 Å². The molecule has 2 heterocycles. The molecule has 0 unspecified atom stereocenters. The Morgan fingerprint density at radius 2 is 2.07 bits per heavy atom. The van der Waals surface area contributed by atoms with Crippen molar-refractivity contribution >= 4 is 21.6 Å². The summed E-state index contributed by atoms with van der Waals surface area (Å²) in [5.41, 5.74) is 0.127. The molecule has 0 amide bonds. The molecule has 0 radical (unpaired) electrons. The standard InChI is InChI=1S/C9H6BrF3N2/c1-5-3-2-4-15-7(10)6(9(11,12)13)14-8(5)15/h2-4H,1H3. The number of fused-ring (bicyclic) bond motifs is 1.